The van der Waals surface area contributed by atoms with E-state index in [1.807, 2.05) is 0 Å². The molecule has 0 saturated heterocycles. The van der Waals surface area contributed by atoms with Crippen LogP contribution >= 0.6 is 0 Å². The topological polar surface area (TPSA) is 67.2 Å². The van der Waals surface area contributed by atoms with Crippen molar-refractivity contribution in [1.29, 1.82) is 0 Å². The lowest BCUT2D eigenvalue weighted by molar-refractivity contribution is -0.385. The van der Waals surface area contributed by atoms with Gasteiger partial charge in [-0.3, -0.25) is 10.1 Å². The van der Waals surface area contributed by atoms with Gasteiger partial charge < -0.3 is 10.6 Å². The number of anilines is 1. The first-order chi connectivity index (χ1) is 9.38. The summed E-state index contributed by atoms with van der Waals surface area (Å²) in [6, 6.07) is 3.19. The predicted octanol–water partition coefficient (Wildman–Crippen LogP) is 2.78. The summed E-state index contributed by atoms with van der Waals surface area (Å²) in [6.45, 7) is 0.885. The molecule has 2 N–H and O–H groups in total. The van der Waals surface area contributed by atoms with Crippen molar-refractivity contribution in [2.24, 2.45) is 0 Å². The molecule has 1 aromatic carbocycles. The molecule has 20 heavy (non-hydrogen) atoms. The van der Waals surface area contributed by atoms with Gasteiger partial charge in [-0.05, 0) is 18.9 Å². The molecule has 8 heteroatoms. The number of hydrogen-bond donors (Lipinski definition) is 2. The number of benzene rings is 1. The zero-order valence-corrected chi connectivity index (χ0v) is 10.5. The Morgan fingerprint density at radius 1 is 1.30 bits per heavy atom. The predicted molar refractivity (Wildman–Crippen MR) is 67.6 cm³/mol. The van der Waals surface area contributed by atoms with E-state index in [0.29, 0.717) is 25.2 Å². The number of nitrogens with zero attached hydrogens (tertiary/aromatic N) is 1. The van der Waals surface area contributed by atoms with Gasteiger partial charge in [0.05, 0.1) is 10.5 Å². The maximum absolute atomic E-state index is 12.9. The summed E-state index contributed by atoms with van der Waals surface area (Å²) in [5.41, 5.74) is -1.72. The minimum absolute atomic E-state index is 0.138. The smallest absolute Gasteiger partial charge is 0.383 e. The van der Waals surface area contributed by atoms with E-state index < -0.39 is 22.4 Å². The van der Waals surface area contributed by atoms with Crippen LogP contribution in [0.1, 0.15) is 18.4 Å². The van der Waals surface area contributed by atoms with Gasteiger partial charge >= 0.3 is 6.18 Å². The summed E-state index contributed by atoms with van der Waals surface area (Å²) < 4.78 is 38.6. The molecule has 1 saturated carbocycles. The van der Waals surface area contributed by atoms with E-state index in [2.05, 4.69) is 10.6 Å². The Bertz CT molecular complexity index is 501. The van der Waals surface area contributed by atoms with E-state index in [1.54, 1.807) is 0 Å². The first-order valence-electron chi connectivity index (χ1n) is 6.21. The van der Waals surface area contributed by atoms with Gasteiger partial charge in [0.1, 0.15) is 0 Å². The van der Waals surface area contributed by atoms with Crippen LogP contribution in [0.5, 0.6) is 0 Å². The average molecular weight is 289 g/mol. The third kappa shape index (κ3) is 3.83. The maximum Gasteiger partial charge on any atom is 0.418 e. The Kier molecular flexibility index (Phi) is 4.12. The fourth-order valence-corrected chi connectivity index (χ4v) is 1.80. The molecule has 0 aliphatic heterocycles. The number of alkyl halides is 3. The lowest BCUT2D eigenvalue weighted by atomic mass is 10.1. The lowest BCUT2D eigenvalue weighted by Crippen LogP contribution is -2.24. The molecule has 0 radical (unpaired) electrons. The molecule has 0 heterocycles. The van der Waals surface area contributed by atoms with Gasteiger partial charge in [-0.1, -0.05) is 0 Å². The second-order valence-electron chi connectivity index (χ2n) is 4.64. The van der Waals surface area contributed by atoms with Gasteiger partial charge in [0, 0.05) is 37.0 Å². The van der Waals surface area contributed by atoms with Crippen LogP contribution in [-0.2, 0) is 6.18 Å². The summed E-state index contributed by atoms with van der Waals surface area (Å²) in [6.07, 6.45) is -2.42. The van der Waals surface area contributed by atoms with Gasteiger partial charge in [-0.2, -0.15) is 13.2 Å². The second-order valence-corrected chi connectivity index (χ2v) is 4.64. The summed E-state index contributed by atoms with van der Waals surface area (Å²) in [5.74, 6) is 0. The number of hydrogen-bond acceptors (Lipinski definition) is 4. The summed E-state index contributed by atoms with van der Waals surface area (Å²) in [7, 11) is 0. The van der Waals surface area contributed by atoms with E-state index in [0.717, 1.165) is 25.0 Å². The molecular formula is C12H14F3N3O2. The van der Waals surface area contributed by atoms with Crippen molar-refractivity contribution in [2.75, 3.05) is 18.4 Å². The van der Waals surface area contributed by atoms with Gasteiger partial charge in [-0.15, -0.1) is 0 Å². The highest BCUT2D eigenvalue weighted by molar-refractivity contribution is 5.57. The molecule has 2 rings (SSSR count). The van der Waals surface area contributed by atoms with Gasteiger partial charge in [-0.25, -0.2) is 0 Å². The van der Waals surface area contributed by atoms with E-state index in [-0.39, 0.29) is 5.69 Å². The summed E-state index contributed by atoms with van der Waals surface area (Å²) >= 11 is 0. The van der Waals surface area contributed by atoms with E-state index >= 15 is 0 Å². The van der Waals surface area contributed by atoms with Crippen LogP contribution in [0.2, 0.25) is 0 Å². The van der Waals surface area contributed by atoms with Gasteiger partial charge in [0.15, 0.2) is 0 Å². The monoisotopic (exact) mass is 289 g/mol. The SMILES string of the molecule is O=[N+]([O-])c1ccc(NCCNC2CC2)c(C(F)(F)F)c1. The Hall–Kier alpha value is -1.83. The van der Waals surface area contributed by atoms with E-state index in [1.165, 1.54) is 0 Å². The molecule has 0 amide bonds. The van der Waals surface area contributed by atoms with Crippen LogP contribution in [0.3, 0.4) is 0 Å². The highest BCUT2D eigenvalue weighted by Gasteiger charge is 2.35. The molecule has 0 unspecified atom stereocenters. The minimum Gasteiger partial charge on any atom is -0.383 e. The summed E-state index contributed by atoms with van der Waals surface area (Å²) in [4.78, 5) is 9.70. The Balaban J connectivity index is 2.07. The Morgan fingerprint density at radius 3 is 2.55 bits per heavy atom. The van der Waals surface area contributed by atoms with E-state index in [4.69, 9.17) is 0 Å². The molecule has 0 bridgehead atoms. The van der Waals surface area contributed by atoms with Gasteiger partial charge in [0.2, 0.25) is 0 Å². The number of non-ortho nitro benzene ring substituents is 1. The maximum atomic E-state index is 12.9. The molecule has 1 aliphatic carbocycles. The standard InChI is InChI=1S/C12H14F3N3O2/c13-12(14,15)10-7-9(18(19)20)3-4-11(10)17-6-5-16-8-1-2-8/h3-4,7-8,16-17H,1-2,5-6H2. The fraction of sp³-hybridized carbons (Fsp3) is 0.500. The molecule has 0 atom stereocenters. The highest BCUT2D eigenvalue weighted by atomic mass is 19.4. The third-order valence-corrected chi connectivity index (χ3v) is 2.97. The van der Waals surface area contributed by atoms with Crippen molar-refractivity contribution in [3.05, 3.63) is 33.9 Å². The van der Waals surface area contributed by atoms with Crippen molar-refractivity contribution in [1.82, 2.24) is 5.32 Å². The average Bonchev–Trinajstić information content (AvgIpc) is 3.17. The van der Waals surface area contributed by atoms with Crippen molar-refractivity contribution in [2.45, 2.75) is 25.1 Å². The quantitative estimate of drug-likeness (QED) is 0.480. The van der Waals surface area contributed by atoms with Crippen LogP contribution in [0.4, 0.5) is 24.5 Å². The zero-order valence-electron chi connectivity index (χ0n) is 10.5. The van der Waals surface area contributed by atoms with Crippen LogP contribution in [0, 0.1) is 10.1 Å². The molecule has 1 aromatic rings. The number of nitro benzene ring substituents is 1. The molecule has 110 valence electrons. The normalized spacial score (nSPS) is 15.2. The van der Waals surface area contributed by atoms with Crippen molar-refractivity contribution in [3.8, 4) is 0 Å². The number of nitro groups is 1. The largest absolute Gasteiger partial charge is 0.418 e. The zero-order chi connectivity index (χ0) is 14.8. The fourth-order valence-electron chi connectivity index (χ4n) is 1.80. The Labute approximate surface area is 113 Å². The second kappa shape index (κ2) is 5.66. The molecule has 0 spiro atoms. The van der Waals surface area contributed by atoms with Crippen LogP contribution in [0.15, 0.2) is 18.2 Å². The number of nitrogens with one attached hydrogen (secondary N) is 2. The van der Waals surface area contributed by atoms with Crippen LogP contribution in [0.25, 0.3) is 0 Å². The molecule has 0 aromatic heterocycles. The first-order valence-corrected chi connectivity index (χ1v) is 6.21. The first kappa shape index (κ1) is 14.6. The number of rotatable bonds is 6. The van der Waals surface area contributed by atoms with Crippen molar-refractivity contribution in [3.63, 3.8) is 0 Å². The number of halogens is 3. The van der Waals surface area contributed by atoms with Crippen LogP contribution < -0.4 is 10.6 Å². The Morgan fingerprint density at radius 2 is 2.00 bits per heavy atom. The molecule has 5 nitrogen and oxygen atoms in total. The van der Waals surface area contributed by atoms with E-state index in [9.17, 15) is 23.3 Å². The molecular weight excluding hydrogens is 275 g/mol. The van der Waals surface area contributed by atoms with Crippen molar-refractivity contribution < 1.29 is 18.1 Å². The summed E-state index contributed by atoms with van der Waals surface area (Å²) in [5, 5.41) is 16.4. The third-order valence-electron chi connectivity index (χ3n) is 2.97. The van der Waals surface area contributed by atoms with Crippen LogP contribution in [-0.4, -0.2) is 24.1 Å². The van der Waals surface area contributed by atoms with Gasteiger partial charge in [0.25, 0.3) is 5.69 Å². The molecule has 1 fully saturated rings. The van der Waals surface area contributed by atoms with Crippen molar-refractivity contribution >= 4 is 11.4 Å². The lowest BCUT2D eigenvalue weighted by Gasteiger charge is -2.14. The highest BCUT2D eigenvalue weighted by Crippen LogP contribution is 2.36. The molecule has 1 aliphatic rings. The minimum atomic E-state index is -4.63.